The minimum atomic E-state index is -0.700. The van der Waals surface area contributed by atoms with Crippen molar-refractivity contribution in [2.75, 3.05) is 32.8 Å². The molecule has 2 atom stereocenters. The van der Waals surface area contributed by atoms with Crippen LogP contribution in [0.4, 0.5) is 0 Å². The lowest BCUT2D eigenvalue weighted by Crippen LogP contribution is -2.43. The van der Waals surface area contributed by atoms with Crippen molar-refractivity contribution in [3.63, 3.8) is 0 Å². The van der Waals surface area contributed by atoms with Crippen molar-refractivity contribution in [3.8, 4) is 0 Å². The molecule has 0 rings (SSSR count). The first-order chi connectivity index (χ1) is 9.98. The minimum absolute atomic E-state index is 0.194. The summed E-state index contributed by atoms with van der Waals surface area (Å²) in [7, 11) is 0. The molecule has 0 aromatic rings. The van der Waals surface area contributed by atoms with Gasteiger partial charge < -0.3 is 26.2 Å². The highest BCUT2D eigenvalue weighted by Gasteiger charge is 2.14. The quantitative estimate of drug-likeness (QED) is 0.312. The van der Waals surface area contributed by atoms with Crippen LogP contribution in [-0.4, -0.2) is 70.3 Å². The second-order valence-electron chi connectivity index (χ2n) is 4.15. The summed E-state index contributed by atoms with van der Waals surface area (Å²) >= 11 is 0. The molecule has 6 nitrogen and oxygen atoms in total. The predicted octanol–water partition coefficient (Wildman–Crippen LogP) is 0.418. The molecule has 0 aromatic carbocycles. The highest BCUT2D eigenvalue weighted by atomic mass is 16.3. The maximum absolute atomic E-state index is 9.23. The Morgan fingerprint density at radius 3 is 1.95 bits per heavy atom. The number of rotatable bonds is 9. The van der Waals surface area contributed by atoms with Crippen molar-refractivity contribution >= 4 is 0 Å². The Kier molecular flexibility index (Phi) is 25.0. The van der Waals surface area contributed by atoms with Crippen LogP contribution in [-0.2, 0) is 0 Å². The molecule has 0 spiro atoms. The van der Waals surface area contributed by atoms with Gasteiger partial charge in [0.15, 0.2) is 0 Å². The summed E-state index contributed by atoms with van der Waals surface area (Å²) in [6.07, 6.45) is 4.20. The van der Waals surface area contributed by atoms with Crippen molar-refractivity contribution in [1.82, 2.24) is 4.90 Å². The van der Waals surface area contributed by atoms with Crippen LogP contribution in [0.3, 0.4) is 0 Å². The van der Waals surface area contributed by atoms with Gasteiger partial charge in [0.2, 0.25) is 0 Å². The summed E-state index contributed by atoms with van der Waals surface area (Å²) in [4.78, 5) is 1.98. The van der Waals surface area contributed by atoms with E-state index in [0.717, 1.165) is 6.26 Å². The molecule has 0 aliphatic carbocycles. The van der Waals surface area contributed by atoms with E-state index >= 15 is 0 Å². The fourth-order valence-corrected chi connectivity index (χ4v) is 1.17. The van der Waals surface area contributed by atoms with Gasteiger partial charge in [-0.15, -0.1) is 13.2 Å². The van der Waals surface area contributed by atoms with E-state index in [2.05, 4.69) is 19.7 Å². The summed E-state index contributed by atoms with van der Waals surface area (Å²) in [5.74, 6) is 0. The van der Waals surface area contributed by atoms with Crippen molar-refractivity contribution < 1.29 is 20.4 Å². The second kappa shape index (κ2) is 21.1. The Balaban J connectivity index is -0.000000335. The first-order valence-corrected chi connectivity index (χ1v) is 6.79. The standard InChI is InChI=1S/C9H20N2O2.C4H8O.C2H4O/c1-3-4-11(8(2)5-10)6-9(13)7-12;1-2-3-4-5;1-2-3/h3,8-9,12-13H,1,4-7,10H2,2H3;2,5H,1,3-4H2;2-3H,1H2. The maximum atomic E-state index is 9.23. The molecule has 2 unspecified atom stereocenters. The number of nitrogens with zero attached hydrogens (tertiary/aromatic N) is 1. The van der Waals surface area contributed by atoms with E-state index in [-0.39, 0.29) is 19.3 Å². The number of nitrogens with two attached hydrogens (primary N) is 1. The van der Waals surface area contributed by atoms with Crippen LogP contribution in [0.25, 0.3) is 0 Å². The van der Waals surface area contributed by atoms with Gasteiger partial charge in [0.1, 0.15) is 0 Å². The zero-order chi connectivity index (χ0) is 17.1. The normalized spacial score (nSPS) is 12.1. The Hall–Kier alpha value is -1.18. The summed E-state index contributed by atoms with van der Waals surface area (Å²) in [6.45, 7) is 13.6. The second-order valence-corrected chi connectivity index (χ2v) is 4.15. The molecule has 21 heavy (non-hydrogen) atoms. The van der Waals surface area contributed by atoms with E-state index < -0.39 is 6.10 Å². The van der Waals surface area contributed by atoms with Crippen LogP contribution in [0.1, 0.15) is 13.3 Å². The van der Waals surface area contributed by atoms with Crippen LogP contribution < -0.4 is 5.73 Å². The lowest BCUT2D eigenvalue weighted by molar-refractivity contribution is 0.0525. The molecule has 0 radical (unpaired) electrons. The Morgan fingerprint density at radius 2 is 1.71 bits per heavy atom. The highest BCUT2D eigenvalue weighted by molar-refractivity contribution is 4.79. The minimum Gasteiger partial charge on any atom is -0.516 e. The molecular weight excluding hydrogens is 272 g/mol. The Morgan fingerprint density at radius 1 is 1.19 bits per heavy atom. The molecule has 0 fully saturated rings. The smallest absolute Gasteiger partial charge is 0.0897 e. The highest BCUT2D eigenvalue weighted by Crippen LogP contribution is 1.99. The number of hydrogen-bond donors (Lipinski definition) is 5. The maximum Gasteiger partial charge on any atom is 0.0897 e. The molecular formula is C15H32N2O4. The molecule has 0 aliphatic heterocycles. The summed E-state index contributed by atoms with van der Waals surface area (Å²) in [5.41, 5.74) is 5.50. The first-order valence-electron chi connectivity index (χ1n) is 6.79. The molecule has 0 aromatic heterocycles. The first kappa shape index (κ1) is 24.8. The number of aliphatic hydroxyl groups excluding tert-OH is 4. The molecule has 126 valence electrons. The third-order valence-corrected chi connectivity index (χ3v) is 2.32. The van der Waals surface area contributed by atoms with Crippen molar-refractivity contribution in [3.05, 3.63) is 38.2 Å². The fourth-order valence-electron chi connectivity index (χ4n) is 1.17. The average molecular weight is 304 g/mol. The molecule has 0 heterocycles. The summed E-state index contributed by atoms with van der Waals surface area (Å²) in [5, 5.41) is 33.2. The lowest BCUT2D eigenvalue weighted by Gasteiger charge is -2.28. The van der Waals surface area contributed by atoms with E-state index in [1.807, 2.05) is 11.8 Å². The van der Waals surface area contributed by atoms with Crippen LogP contribution in [0.2, 0.25) is 0 Å². The fraction of sp³-hybridized carbons (Fsp3) is 0.600. The van der Waals surface area contributed by atoms with Gasteiger partial charge in [0.25, 0.3) is 0 Å². The van der Waals surface area contributed by atoms with Gasteiger partial charge in [0.05, 0.1) is 19.0 Å². The third-order valence-electron chi connectivity index (χ3n) is 2.32. The van der Waals surface area contributed by atoms with E-state index in [0.29, 0.717) is 26.1 Å². The molecule has 0 saturated carbocycles. The van der Waals surface area contributed by atoms with Crippen molar-refractivity contribution in [2.24, 2.45) is 5.73 Å². The Bertz CT molecular complexity index is 238. The van der Waals surface area contributed by atoms with E-state index in [1.165, 1.54) is 0 Å². The van der Waals surface area contributed by atoms with Gasteiger partial charge in [-0.1, -0.05) is 18.7 Å². The average Bonchev–Trinajstić information content (AvgIpc) is 2.48. The van der Waals surface area contributed by atoms with E-state index in [1.54, 1.807) is 12.2 Å². The SMILES string of the molecule is C=CCCO.C=CCN(CC(O)CO)C(C)CN.C=CO. The monoisotopic (exact) mass is 304 g/mol. The molecule has 0 aliphatic rings. The molecule has 6 heteroatoms. The Labute approximate surface area is 128 Å². The van der Waals surface area contributed by atoms with Gasteiger partial charge in [0, 0.05) is 32.3 Å². The van der Waals surface area contributed by atoms with Crippen molar-refractivity contribution in [2.45, 2.75) is 25.5 Å². The third kappa shape index (κ3) is 21.3. The van der Waals surface area contributed by atoms with Gasteiger partial charge >= 0.3 is 0 Å². The number of hydrogen-bond acceptors (Lipinski definition) is 6. The molecule has 6 N–H and O–H groups in total. The van der Waals surface area contributed by atoms with Gasteiger partial charge in [-0.2, -0.15) is 0 Å². The molecule has 0 saturated heterocycles. The molecule has 0 bridgehead atoms. The van der Waals surface area contributed by atoms with Crippen LogP contribution in [0.15, 0.2) is 38.2 Å². The predicted molar refractivity (Wildman–Crippen MR) is 88.1 cm³/mol. The van der Waals surface area contributed by atoms with Gasteiger partial charge in [-0.25, -0.2) is 0 Å². The summed E-state index contributed by atoms with van der Waals surface area (Å²) < 4.78 is 0. The summed E-state index contributed by atoms with van der Waals surface area (Å²) in [6, 6.07) is 0.194. The topological polar surface area (TPSA) is 110 Å². The zero-order valence-electron chi connectivity index (χ0n) is 13.1. The van der Waals surface area contributed by atoms with Crippen LogP contribution in [0.5, 0.6) is 0 Å². The van der Waals surface area contributed by atoms with Gasteiger partial charge in [-0.3, -0.25) is 4.90 Å². The van der Waals surface area contributed by atoms with E-state index in [9.17, 15) is 5.11 Å². The van der Waals surface area contributed by atoms with E-state index in [4.69, 9.17) is 21.1 Å². The zero-order valence-corrected chi connectivity index (χ0v) is 13.1. The number of aliphatic hydroxyl groups is 4. The largest absolute Gasteiger partial charge is 0.516 e. The van der Waals surface area contributed by atoms with Crippen LogP contribution >= 0.6 is 0 Å². The lowest BCUT2D eigenvalue weighted by atomic mass is 10.2. The van der Waals surface area contributed by atoms with Crippen molar-refractivity contribution in [1.29, 1.82) is 0 Å². The van der Waals surface area contributed by atoms with Gasteiger partial charge in [-0.05, 0) is 13.3 Å². The molecule has 0 amide bonds. The van der Waals surface area contributed by atoms with Crippen LogP contribution in [0, 0.1) is 0 Å².